The van der Waals surface area contributed by atoms with Gasteiger partial charge in [0.1, 0.15) is 11.6 Å². The van der Waals surface area contributed by atoms with Crippen LogP contribution < -0.4 is 0 Å². The van der Waals surface area contributed by atoms with Gasteiger partial charge < -0.3 is 4.57 Å². The van der Waals surface area contributed by atoms with Crippen molar-refractivity contribution in [3.63, 3.8) is 0 Å². The fraction of sp³-hybridized carbons (Fsp3) is 0.778. The second-order valence-electron chi connectivity index (χ2n) is 3.38. The molecule has 0 aliphatic rings. The Morgan fingerprint density at radius 1 is 1.31 bits per heavy atom. The summed E-state index contributed by atoms with van der Waals surface area (Å²) in [7, 11) is 0. The largest absolute Gasteiger partial charge is 0.311 e. The van der Waals surface area contributed by atoms with Gasteiger partial charge in [0.15, 0.2) is 0 Å². The second-order valence-corrected chi connectivity index (χ2v) is 3.65. The maximum atomic E-state index is 5.77. The predicted molar refractivity (Wildman–Crippen MR) is 54.0 cm³/mol. The highest BCUT2D eigenvalue weighted by Gasteiger charge is 2.12. The van der Waals surface area contributed by atoms with Gasteiger partial charge in [-0.1, -0.05) is 6.92 Å². The van der Waals surface area contributed by atoms with E-state index in [1.54, 1.807) is 0 Å². The quantitative estimate of drug-likeness (QED) is 0.701. The first-order chi connectivity index (χ1) is 6.20. The standard InChI is InChI=1S/C9H16ClN3/c1-4-5-8-11-12-9(6-10)13(8)7(2)3/h7H,4-6H2,1-3H3. The third-order valence-electron chi connectivity index (χ3n) is 1.95. The van der Waals surface area contributed by atoms with Crippen molar-refractivity contribution in [3.05, 3.63) is 11.6 Å². The molecule has 0 amide bonds. The fourth-order valence-electron chi connectivity index (χ4n) is 1.44. The summed E-state index contributed by atoms with van der Waals surface area (Å²) in [5, 5.41) is 8.18. The lowest BCUT2D eigenvalue weighted by atomic mass is 10.3. The topological polar surface area (TPSA) is 30.7 Å². The Balaban J connectivity index is 2.99. The maximum Gasteiger partial charge on any atom is 0.148 e. The van der Waals surface area contributed by atoms with Crippen molar-refractivity contribution in [1.82, 2.24) is 14.8 Å². The summed E-state index contributed by atoms with van der Waals surface area (Å²) in [5.41, 5.74) is 0. The van der Waals surface area contributed by atoms with E-state index in [9.17, 15) is 0 Å². The van der Waals surface area contributed by atoms with Gasteiger partial charge >= 0.3 is 0 Å². The molecule has 0 atom stereocenters. The summed E-state index contributed by atoms with van der Waals surface area (Å²) >= 11 is 5.77. The minimum atomic E-state index is 0.394. The Hall–Kier alpha value is -0.570. The lowest BCUT2D eigenvalue weighted by Crippen LogP contribution is -2.09. The Morgan fingerprint density at radius 2 is 1.92 bits per heavy atom. The molecule has 0 saturated carbocycles. The molecule has 0 aliphatic carbocycles. The molecule has 1 aromatic heterocycles. The molecule has 0 unspecified atom stereocenters. The van der Waals surface area contributed by atoms with Crippen molar-refractivity contribution in [3.8, 4) is 0 Å². The van der Waals surface area contributed by atoms with Crippen LogP contribution in [0.1, 0.15) is 44.9 Å². The summed E-state index contributed by atoms with van der Waals surface area (Å²) in [6.45, 7) is 6.39. The molecule has 0 fully saturated rings. The van der Waals surface area contributed by atoms with E-state index in [4.69, 9.17) is 11.6 Å². The third-order valence-corrected chi connectivity index (χ3v) is 2.19. The van der Waals surface area contributed by atoms with Crippen LogP contribution in [-0.4, -0.2) is 14.8 Å². The first kappa shape index (κ1) is 10.5. The molecule has 0 radical (unpaired) electrons. The van der Waals surface area contributed by atoms with Crippen molar-refractivity contribution in [2.75, 3.05) is 0 Å². The monoisotopic (exact) mass is 201 g/mol. The molecule has 0 saturated heterocycles. The molecule has 13 heavy (non-hydrogen) atoms. The average Bonchev–Trinajstić information content (AvgIpc) is 2.48. The summed E-state index contributed by atoms with van der Waals surface area (Å²) in [6, 6.07) is 0.394. The third kappa shape index (κ3) is 2.21. The van der Waals surface area contributed by atoms with Gasteiger partial charge in [0.2, 0.25) is 0 Å². The van der Waals surface area contributed by atoms with E-state index < -0.39 is 0 Å². The van der Waals surface area contributed by atoms with Gasteiger partial charge in [-0.3, -0.25) is 0 Å². The molecule has 1 aromatic rings. The van der Waals surface area contributed by atoms with E-state index in [2.05, 4.69) is 35.5 Å². The summed E-state index contributed by atoms with van der Waals surface area (Å²) < 4.78 is 2.12. The van der Waals surface area contributed by atoms with Gasteiger partial charge in [-0.25, -0.2) is 0 Å². The van der Waals surface area contributed by atoms with Crippen molar-refractivity contribution in [2.45, 2.75) is 45.5 Å². The van der Waals surface area contributed by atoms with Crippen LogP contribution in [0.3, 0.4) is 0 Å². The van der Waals surface area contributed by atoms with E-state index in [0.29, 0.717) is 11.9 Å². The molecule has 4 heteroatoms. The molecule has 0 aliphatic heterocycles. The number of rotatable bonds is 4. The number of aryl methyl sites for hydroxylation is 1. The van der Waals surface area contributed by atoms with E-state index in [-0.39, 0.29) is 0 Å². The van der Waals surface area contributed by atoms with Crippen molar-refractivity contribution in [1.29, 1.82) is 0 Å². The molecule has 0 aromatic carbocycles. The minimum absolute atomic E-state index is 0.394. The van der Waals surface area contributed by atoms with Gasteiger partial charge in [-0.05, 0) is 20.3 Å². The molecule has 1 rings (SSSR count). The van der Waals surface area contributed by atoms with Gasteiger partial charge in [-0.2, -0.15) is 0 Å². The first-order valence-electron chi connectivity index (χ1n) is 4.69. The number of hydrogen-bond acceptors (Lipinski definition) is 2. The minimum Gasteiger partial charge on any atom is -0.311 e. The molecule has 0 bridgehead atoms. The first-order valence-corrected chi connectivity index (χ1v) is 5.22. The van der Waals surface area contributed by atoms with Crippen LogP contribution in [-0.2, 0) is 12.3 Å². The Bertz CT molecular complexity index is 268. The van der Waals surface area contributed by atoms with E-state index in [1.807, 2.05) is 0 Å². The number of alkyl halides is 1. The lowest BCUT2D eigenvalue weighted by molar-refractivity contribution is 0.548. The highest BCUT2D eigenvalue weighted by molar-refractivity contribution is 6.16. The zero-order valence-electron chi connectivity index (χ0n) is 8.42. The summed E-state index contributed by atoms with van der Waals surface area (Å²) in [6.07, 6.45) is 2.06. The van der Waals surface area contributed by atoms with Crippen LogP contribution in [0.25, 0.3) is 0 Å². The molecular weight excluding hydrogens is 186 g/mol. The molecular formula is C9H16ClN3. The molecule has 0 N–H and O–H groups in total. The van der Waals surface area contributed by atoms with Crippen molar-refractivity contribution >= 4 is 11.6 Å². The number of halogens is 1. The Morgan fingerprint density at radius 3 is 2.38 bits per heavy atom. The van der Waals surface area contributed by atoms with E-state index in [0.717, 1.165) is 24.5 Å². The van der Waals surface area contributed by atoms with Crippen LogP contribution in [0.15, 0.2) is 0 Å². The van der Waals surface area contributed by atoms with Crippen LogP contribution >= 0.6 is 11.6 Å². The lowest BCUT2D eigenvalue weighted by Gasteiger charge is -2.12. The van der Waals surface area contributed by atoms with Gasteiger partial charge in [0.25, 0.3) is 0 Å². The number of nitrogens with zero attached hydrogens (tertiary/aromatic N) is 3. The SMILES string of the molecule is CCCc1nnc(CCl)n1C(C)C. The summed E-state index contributed by atoms with van der Waals surface area (Å²) in [4.78, 5) is 0. The zero-order valence-corrected chi connectivity index (χ0v) is 9.17. The molecule has 74 valence electrons. The fourth-order valence-corrected chi connectivity index (χ4v) is 1.62. The van der Waals surface area contributed by atoms with E-state index in [1.165, 1.54) is 0 Å². The number of hydrogen-bond donors (Lipinski definition) is 0. The van der Waals surface area contributed by atoms with Gasteiger partial charge in [-0.15, -0.1) is 21.8 Å². The predicted octanol–water partition coefficient (Wildman–Crippen LogP) is 2.55. The summed E-state index contributed by atoms with van der Waals surface area (Å²) in [5.74, 6) is 2.36. The van der Waals surface area contributed by atoms with Crippen LogP contribution in [0.2, 0.25) is 0 Å². The second kappa shape index (κ2) is 4.61. The number of aromatic nitrogens is 3. The zero-order chi connectivity index (χ0) is 9.84. The Kier molecular flexibility index (Phi) is 3.72. The van der Waals surface area contributed by atoms with Gasteiger partial charge in [0.05, 0.1) is 5.88 Å². The molecule has 0 spiro atoms. The highest BCUT2D eigenvalue weighted by Crippen LogP contribution is 2.14. The van der Waals surface area contributed by atoms with Gasteiger partial charge in [0, 0.05) is 12.5 Å². The molecule has 3 nitrogen and oxygen atoms in total. The van der Waals surface area contributed by atoms with Crippen molar-refractivity contribution in [2.24, 2.45) is 0 Å². The average molecular weight is 202 g/mol. The van der Waals surface area contributed by atoms with E-state index >= 15 is 0 Å². The van der Waals surface area contributed by atoms with Crippen LogP contribution in [0, 0.1) is 0 Å². The van der Waals surface area contributed by atoms with Crippen LogP contribution in [0.4, 0.5) is 0 Å². The highest BCUT2D eigenvalue weighted by atomic mass is 35.5. The normalized spacial score (nSPS) is 11.2. The van der Waals surface area contributed by atoms with Crippen LogP contribution in [0.5, 0.6) is 0 Å². The maximum absolute atomic E-state index is 5.77. The van der Waals surface area contributed by atoms with Crippen molar-refractivity contribution < 1.29 is 0 Å². The smallest absolute Gasteiger partial charge is 0.148 e. The molecule has 1 heterocycles. The Labute approximate surface area is 84.1 Å².